The predicted molar refractivity (Wildman–Crippen MR) is 148 cm³/mol. The van der Waals surface area contributed by atoms with Crippen molar-refractivity contribution in [1.82, 2.24) is 0 Å². The third-order valence-electron chi connectivity index (χ3n) is 7.10. The molecular weight excluding hydrogens is 414 g/mol. The summed E-state index contributed by atoms with van der Waals surface area (Å²) in [6.45, 7) is 4.53. The van der Waals surface area contributed by atoms with Gasteiger partial charge in [-0.3, -0.25) is 4.79 Å². The molecule has 1 aliphatic carbocycles. The van der Waals surface area contributed by atoms with Gasteiger partial charge in [-0.2, -0.15) is 5.26 Å². The first-order valence-corrected chi connectivity index (χ1v) is 14.8. The summed E-state index contributed by atoms with van der Waals surface area (Å²) in [5.74, 6) is 0.238. The van der Waals surface area contributed by atoms with Crippen LogP contribution in [0.15, 0.2) is 34.9 Å². The third kappa shape index (κ3) is 15.3. The summed E-state index contributed by atoms with van der Waals surface area (Å²) in [7, 11) is 0. The van der Waals surface area contributed by atoms with E-state index in [0.717, 1.165) is 42.4 Å². The molecule has 0 heterocycles. The lowest BCUT2D eigenvalue weighted by molar-refractivity contribution is -0.112. The average Bonchev–Trinajstić information content (AvgIpc) is 2.84. The van der Waals surface area contributed by atoms with E-state index in [0.29, 0.717) is 0 Å². The Balaban J connectivity index is 2.25. The molecular formula is C32H53NO. The molecule has 0 aliphatic heterocycles. The lowest BCUT2D eigenvalue weighted by Crippen LogP contribution is -2.11. The van der Waals surface area contributed by atoms with Crippen LogP contribution in [0.3, 0.4) is 0 Å². The van der Waals surface area contributed by atoms with E-state index in [1.165, 1.54) is 116 Å². The lowest BCUT2D eigenvalue weighted by atomic mass is 9.87. The minimum Gasteiger partial charge on any atom is -0.289 e. The van der Waals surface area contributed by atoms with E-state index in [9.17, 15) is 4.79 Å². The summed E-state index contributed by atoms with van der Waals surface area (Å²) in [5.41, 5.74) is 2.75. The fourth-order valence-electron chi connectivity index (χ4n) is 4.92. The molecule has 0 spiro atoms. The van der Waals surface area contributed by atoms with Gasteiger partial charge in [-0.05, 0) is 43.4 Å². The number of Topliss-reactive ketones (excluding diaryl/α,β-unsaturated/α-hetero) is 1. The van der Waals surface area contributed by atoms with Crippen molar-refractivity contribution in [2.24, 2.45) is 0 Å². The zero-order valence-electron chi connectivity index (χ0n) is 22.6. The van der Waals surface area contributed by atoms with Crippen LogP contribution in [0.2, 0.25) is 0 Å². The third-order valence-corrected chi connectivity index (χ3v) is 7.10. The second-order valence-electron chi connectivity index (χ2n) is 10.3. The molecule has 192 valence electrons. The number of ketones is 1. The van der Waals surface area contributed by atoms with E-state index < -0.39 is 0 Å². The first-order valence-electron chi connectivity index (χ1n) is 14.8. The molecule has 0 aromatic heterocycles. The number of carbonyl (C=O) groups excluding carboxylic acids is 1. The van der Waals surface area contributed by atoms with Gasteiger partial charge in [0.2, 0.25) is 0 Å². The van der Waals surface area contributed by atoms with Crippen molar-refractivity contribution in [2.45, 2.75) is 155 Å². The monoisotopic (exact) mass is 467 g/mol. The Morgan fingerprint density at radius 3 is 1.24 bits per heavy atom. The molecule has 0 aromatic carbocycles. The van der Waals surface area contributed by atoms with Gasteiger partial charge in [-0.25, -0.2) is 0 Å². The molecule has 0 saturated heterocycles. The van der Waals surface area contributed by atoms with Crippen LogP contribution in [0.1, 0.15) is 155 Å². The van der Waals surface area contributed by atoms with Crippen LogP contribution in [-0.2, 0) is 4.79 Å². The quantitative estimate of drug-likeness (QED) is 0.117. The zero-order valence-corrected chi connectivity index (χ0v) is 22.6. The van der Waals surface area contributed by atoms with Gasteiger partial charge < -0.3 is 0 Å². The highest BCUT2D eigenvalue weighted by atomic mass is 16.1. The van der Waals surface area contributed by atoms with Gasteiger partial charge in [0.05, 0.1) is 6.07 Å². The lowest BCUT2D eigenvalue weighted by Gasteiger charge is -2.16. The molecule has 0 atom stereocenters. The van der Waals surface area contributed by atoms with Crippen LogP contribution in [0.25, 0.3) is 0 Å². The van der Waals surface area contributed by atoms with Crippen molar-refractivity contribution in [3.63, 3.8) is 0 Å². The maximum atomic E-state index is 13.0. The van der Waals surface area contributed by atoms with E-state index in [1.807, 2.05) is 12.2 Å². The first kappa shape index (κ1) is 30.4. The summed E-state index contributed by atoms with van der Waals surface area (Å²) < 4.78 is 0. The Labute approximate surface area is 212 Å². The standard InChI is InChI=1S/C32H53NO/c1-3-5-7-9-11-13-15-17-19-21-23-30-27-29(25-26-33)28-31(32(30)34)24-22-20-18-16-14-12-10-8-6-4-2/h25,27-28H,3-24H2,1-2H3. The summed E-state index contributed by atoms with van der Waals surface area (Å²) in [6, 6.07) is 2.15. The molecule has 34 heavy (non-hydrogen) atoms. The normalized spacial score (nSPS) is 13.6. The average molecular weight is 468 g/mol. The zero-order chi connectivity index (χ0) is 24.7. The second-order valence-corrected chi connectivity index (χ2v) is 10.3. The molecule has 0 aromatic rings. The molecule has 0 saturated carbocycles. The fourth-order valence-corrected chi connectivity index (χ4v) is 4.92. The van der Waals surface area contributed by atoms with Gasteiger partial charge >= 0.3 is 0 Å². The molecule has 0 N–H and O–H groups in total. The van der Waals surface area contributed by atoms with E-state index in [2.05, 4.69) is 19.9 Å². The SMILES string of the molecule is CCCCCCCCCCCCC1=CC(=CC#N)C=C(CCCCCCCCCCCC)C1=O. The van der Waals surface area contributed by atoms with Crippen molar-refractivity contribution in [1.29, 1.82) is 5.26 Å². The second kappa shape index (κ2) is 21.9. The van der Waals surface area contributed by atoms with Gasteiger partial charge in [0.15, 0.2) is 5.78 Å². The van der Waals surface area contributed by atoms with Crippen LogP contribution in [0.5, 0.6) is 0 Å². The van der Waals surface area contributed by atoms with Gasteiger partial charge in [-0.1, -0.05) is 129 Å². The van der Waals surface area contributed by atoms with Crippen LogP contribution < -0.4 is 0 Å². The Kier molecular flexibility index (Phi) is 19.6. The minimum absolute atomic E-state index is 0.238. The number of hydrogen-bond acceptors (Lipinski definition) is 2. The van der Waals surface area contributed by atoms with Crippen LogP contribution >= 0.6 is 0 Å². The molecule has 1 aliphatic rings. The highest BCUT2D eigenvalue weighted by Crippen LogP contribution is 2.27. The summed E-state index contributed by atoms with van der Waals surface area (Å²) in [5, 5.41) is 9.12. The molecule has 2 nitrogen and oxygen atoms in total. The smallest absolute Gasteiger partial charge is 0.185 e. The molecule has 0 radical (unpaired) electrons. The number of nitriles is 1. The predicted octanol–water partition coefficient (Wildman–Crippen LogP) is 10.5. The highest BCUT2D eigenvalue weighted by Gasteiger charge is 2.19. The maximum Gasteiger partial charge on any atom is 0.185 e. The van der Waals surface area contributed by atoms with E-state index >= 15 is 0 Å². The summed E-state index contributed by atoms with van der Waals surface area (Å²) in [4.78, 5) is 13.0. The number of hydrogen-bond donors (Lipinski definition) is 0. The van der Waals surface area contributed by atoms with Gasteiger partial charge in [0.25, 0.3) is 0 Å². The Hall–Kier alpha value is -1.62. The van der Waals surface area contributed by atoms with Crippen LogP contribution in [-0.4, -0.2) is 5.78 Å². The van der Waals surface area contributed by atoms with E-state index in [-0.39, 0.29) is 5.78 Å². The first-order chi connectivity index (χ1) is 16.7. The van der Waals surface area contributed by atoms with Crippen molar-refractivity contribution in [2.75, 3.05) is 0 Å². The minimum atomic E-state index is 0.238. The summed E-state index contributed by atoms with van der Waals surface area (Å²) >= 11 is 0. The van der Waals surface area contributed by atoms with Gasteiger partial charge in [0, 0.05) is 17.2 Å². The fraction of sp³-hybridized carbons (Fsp3) is 0.750. The maximum absolute atomic E-state index is 13.0. The van der Waals surface area contributed by atoms with E-state index in [4.69, 9.17) is 5.26 Å². The molecule has 0 bridgehead atoms. The largest absolute Gasteiger partial charge is 0.289 e. The number of rotatable bonds is 22. The van der Waals surface area contributed by atoms with Crippen LogP contribution in [0.4, 0.5) is 0 Å². The molecule has 1 rings (SSSR count). The highest BCUT2D eigenvalue weighted by molar-refractivity contribution is 6.10. The number of nitrogens with zero attached hydrogens (tertiary/aromatic N) is 1. The van der Waals surface area contributed by atoms with Crippen molar-refractivity contribution in [3.8, 4) is 6.07 Å². The van der Waals surface area contributed by atoms with Gasteiger partial charge in [0.1, 0.15) is 0 Å². The Bertz CT molecular complexity index is 615. The molecule has 0 fully saturated rings. The molecule has 2 heteroatoms. The van der Waals surface area contributed by atoms with Crippen molar-refractivity contribution < 1.29 is 4.79 Å². The van der Waals surface area contributed by atoms with Crippen molar-refractivity contribution in [3.05, 3.63) is 34.9 Å². The molecule has 0 amide bonds. The topological polar surface area (TPSA) is 40.9 Å². The Morgan fingerprint density at radius 1 is 0.588 bits per heavy atom. The summed E-state index contributed by atoms with van der Waals surface area (Å²) in [6.07, 6.45) is 33.4. The van der Waals surface area contributed by atoms with E-state index in [1.54, 1.807) is 6.08 Å². The van der Waals surface area contributed by atoms with Crippen molar-refractivity contribution >= 4 is 5.78 Å². The van der Waals surface area contributed by atoms with Gasteiger partial charge in [-0.15, -0.1) is 0 Å². The number of unbranched alkanes of at least 4 members (excludes halogenated alkanes) is 18. The molecule has 0 unspecified atom stereocenters. The van der Waals surface area contributed by atoms with Crippen LogP contribution in [0, 0.1) is 11.3 Å². The Morgan fingerprint density at radius 2 is 0.912 bits per heavy atom. The number of carbonyl (C=O) groups is 1. The number of allylic oxidation sites excluding steroid dienone is 6.